The molecule has 1 N–H and O–H groups in total. The van der Waals surface area contributed by atoms with Gasteiger partial charge in [-0.1, -0.05) is 34.1 Å². The molecular weight excluding hydrogens is 420 g/mol. The van der Waals surface area contributed by atoms with E-state index in [0.717, 1.165) is 38.7 Å². The fourth-order valence-electron chi connectivity index (χ4n) is 4.20. The van der Waals surface area contributed by atoms with Crippen molar-refractivity contribution in [3.05, 3.63) is 64.3 Å². The lowest BCUT2D eigenvalue weighted by molar-refractivity contribution is -0.137. The predicted molar refractivity (Wildman–Crippen MR) is 113 cm³/mol. The maximum Gasteiger partial charge on any atom is 0.323 e. The van der Waals surface area contributed by atoms with Gasteiger partial charge < -0.3 is 14.6 Å². The van der Waals surface area contributed by atoms with Crippen LogP contribution in [0, 0.1) is 5.92 Å². The van der Waals surface area contributed by atoms with E-state index in [1.165, 1.54) is 0 Å². The molecule has 1 aromatic heterocycles. The first kappa shape index (κ1) is 18.7. The lowest BCUT2D eigenvalue weighted by Crippen LogP contribution is -2.36. The molecule has 1 atom stereocenters. The zero-order chi connectivity index (χ0) is 19.8. The fraction of sp³-hybridized carbons (Fsp3) is 0.273. The van der Waals surface area contributed by atoms with Gasteiger partial charge in [-0.05, 0) is 55.2 Å². The van der Waals surface area contributed by atoms with E-state index in [2.05, 4.69) is 15.9 Å². The molecule has 0 bridgehead atoms. The lowest BCUT2D eigenvalue weighted by Gasteiger charge is -2.27. The number of aliphatic carboxylic acids is 1. The van der Waals surface area contributed by atoms with Crippen LogP contribution in [0.5, 0.6) is 0 Å². The van der Waals surface area contributed by atoms with Crippen molar-refractivity contribution >= 4 is 44.4 Å². The average Bonchev–Trinajstić information content (AvgIpc) is 2.99. The van der Waals surface area contributed by atoms with Crippen molar-refractivity contribution in [1.29, 1.82) is 0 Å². The summed E-state index contributed by atoms with van der Waals surface area (Å²) in [4.78, 5) is 26.2. The molecule has 28 heavy (non-hydrogen) atoms. The number of hydrogen-bond acceptors (Lipinski definition) is 2. The number of carbonyl (C=O) groups is 2. The first-order valence-electron chi connectivity index (χ1n) is 9.29. The molecule has 3 aromatic rings. The van der Waals surface area contributed by atoms with E-state index in [-0.39, 0.29) is 18.4 Å². The van der Waals surface area contributed by atoms with Gasteiger partial charge in [-0.25, -0.2) is 0 Å². The van der Waals surface area contributed by atoms with Crippen molar-refractivity contribution in [2.75, 3.05) is 11.9 Å². The minimum atomic E-state index is -0.857. The van der Waals surface area contributed by atoms with Gasteiger partial charge in [-0.15, -0.1) is 0 Å². The van der Waals surface area contributed by atoms with E-state index < -0.39 is 5.97 Å². The number of amides is 1. The summed E-state index contributed by atoms with van der Waals surface area (Å²) in [7, 11) is 1.82. The number of carbonyl (C=O) groups excluding carboxylic acids is 1. The van der Waals surface area contributed by atoms with Gasteiger partial charge in [0.15, 0.2) is 0 Å². The number of aromatic nitrogens is 1. The van der Waals surface area contributed by atoms with Crippen LogP contribution in [0.15, 0.2) is 53.0 Å². The summed E-state index contributed by atoms with van der Waals surface area (Å²) in [5, 5.41) is 10.4. The van der Waals surface area contributed by atoms with Gasteiger partial charge in [0.05, 0.1) is 0 Å². The van der Waals surface area contributed by atoms with Crippen LogP contribution in [-0.4, -0.2) is 28.6 Å². The molecule has 1 amide bonds. The maximum absolute atomic E-state index is 13.1. The largest absolute Gasteiger partial charge is 0.480 e. The molecule has 5 nitrogen and oxygen atoms in total. The first-order valence-corrected chi connectivity index (χ1v) is 10.1. The number of carboxylic acid groups (broad SMARTS) is 1. The van der Waals surface area contributed by atoms with Gasteiger partial charge in [-0.3, -0.25) is 9.59 Å². The standard InChI is InChI=1S/C22H21BrN2O3/c1-24(16-5-3-2-4-6-16)22(28)14-7-9-19-17(11-14)18-12-15(23)8-10-20(18)25(19)13-21(26)27/h2-6,8,10,12,14H,7,9,11,13H2,1H3,(H,26,27). The summed E-state index contributed by atoms with van der Waals surface area (Å²) in [6, 6.07) is 15.6. The Morgan fingerprint density at radius 1 is 1.21 bits per heavy atom. The van der Waals surface area contributed by atoms with Gasteiger partial charge in [0.25, 0.3) is 0 Å². The van der Waals surface area contributed by atoms with Crippen LogP contribution in [0.2, 0.25) is 0 Å². The van der Waals surface area contributed by atoms with Crippen LogP contribution in [-0.2, 0) is 29.0 Å². The Labute approximate surface area is 171 Å². The molecule has 1 aliphatic carbocycles. The molecule has 1 heterocycles. The monoisotopic (exact) mass is 440 g/mol. The van der Waals surface area contributed by atoms with Crippen molar-refractivity contribution in [1.82, 2.24) is 4.57 Å². The van der Waals surface area contributed by atoms with Crippen LogP contribution in [0.3, 0.4) is 0 Å². The van der Waals surface area contributed by atoms with Crippen molar-refractivity contribution in [3.63, 3.8) is 0 Å². The third kappa shape index (κ3) is 3.33. The number of nitrogens with zero attached hydrogens (tertiary/aromatic N) is 2. The number of benzene rings is 2. The molecule has 1 aliphatic rings. The highest BCUT2D eigenvalue weighted by atomic mass is 79.9. The summed E-state index contributed by atoms with van der Waals surface area (Å²) in [5.74, 6) is -0.865. The minimum absolute atomic E-state index is 0.0595. The van der Waals surface area contributed by atoms with Gasteiger partial charge in [0.2, 0.25) is 5.91 Å². The Bertz CT molecular complexity index is 1060. The summed E-state index contributed by atoms with van der Waals surface area (Å²) in [6.45, 7) is -0.0595. The first-order chi connectivity index (χ1) is 13.5. The second-order valence-electron chi connectivity index (χ2n) is 7.24. The van der Waals surface area contributed by atoms with Crippen LogP contribution in [0.4, 0.5) is 5.69 Å². The molecule has 0 saturated carbocycles. The second kappa shape index (κ2) is 7.43. The Hall–Kier alpha value is -2.60. The maximum atomic E-state index is 13.1. The van der Waals surface area contributed by atoms with Gasteiger partial charge in [-0.2, -0.15) is 0 Å². The van der Waals surface area contributed by atoms with Crippen LogP contribution < -0.4 is 4.90 Å². The van der Waals surface area contributed by atoms with E-state index in [0.29, 0.717) is 12.8 Å². The fourth-order valence-corrected chi connectivity index (χ4v) is 4.56. The number of para-hydroxylation sites is 1. The average molecular weight is 441 g/mol. The van der Waals surface area contributed by atoms with E-state index >= 15 is 0 Å². The molecule has 0 radical (unpaired) electrons. The summed E-state index contributed by atoms with van der Waals surface area (Å²) >= 11 is 3.52. The number of fused-ring (bicyclic) bond motifs is 3. The topological polar surface area (TPSA) is 62.5 Å². The SMILES string of the molecule is CN(C(=O)C1CCc2c(c3cc(Br)ccc3n2CC(=O)O)C1)c1ccccc1. The van der Waals surface area contributed by atoms with Crippen molar-refractivity contribution in [2.45, 2.75) is 25.8 Å². The highest BCUT2D eigenvalue weighted by molar-refractivity contribution is 9.10. The molecule has 144 valence electrons. The summed E-state index contributed by atoms with van der Waals surface area (Å²) < 4.78 is 2.84. The van der Waals surface area contributed by atoms with Crippen LogP contribution in [0.1, 0.15) is 17.7 Å². The van der Waals surface area contributed by atoms with E-state index in [1.807, 2.05) is 60.1 Å². The smallest absolute Gasteiger partial charge is 0.323 e. The molecular formula is C22H21BrN2O3. The second-order valence-corrected chi connectivity index (χ2v) is 8.15. The zero-order valence-electron chi connectivity index (χ0n) is 15.6. The van der Waals surface area contributed by atoms with Gasteiger partial charge in [0.1, 0.15) is 6.54 Å². The Morgan fingerprint density at radius 3 is 2.68 bits per heavy atom. The number of carboxylic acids is 1. The number of hydrogen-bond donors (Lipinski definition) is 1. The Balaban J connectivity index is 1.70. The highest BCUT2D eigenvalue weighted by Gasteiger charge is 2.31. The van der Waals surface area contributed by atoms with Crippen LogP contribution in [0.25, 0.3) is 10.9 Å². The third-order valence-corrected chi connectivity index (χ3v) is 6.04. The summed E-state index contributed by atoms with van der Waals surface area (Å²) in [6.07, 6.45) is 2.05. The third-order valence-electron chi connectivity index (χ3n) is 5.55. The van der Waals surface area contributed by atoms with E-state index in [9.17, 15) is 14.7 Å². The normalized spacial score (nSPS) is 16.0. The molecule has 1 unspecified atom stereocenters. The number of rotatable bonds is 4. The van der Waals surface area contributed by atoms with E-state index in [4.69, 9.17) is 0 Å². The minimum Gasteiger partial charge on any atom is -0.480 e. The Kier molecular flexibility index (Phi) is 4.98. The van der Waals surface area contributed by atoms with Crippen LogP contribution >= 0.6 is 15.9 Å². The Morgan fingerprint density at radius 2 is 1.96 bits per heavy atom. The molecule has 0 saturated heterocycles. The molecule has 0 spiro atoms. The van der Waals surface area contributed by atoms with Gasteiger partial charge >= 0.3 is 5.97 Å². The quantitative estimate of drug-likeness (QED) is 0.659. The molecule has 0 fully saturated rings. The summed E-state index contributed by atoms with van der Waals surface area (Å²) in [5.41, 5.74) is 3.94. The van der Waals surface area contributed by atoms with Crippen molar-refractivity contribution in [2.24, 2.45) is 5.92 Å². The number of halogens is 1. The zero-order valence-corrected chi connectivity index (χ0v) is 17.1. The molecule has 6 heteroatoms. The molecule has 2 aromatic carbocycles. The predicted octanol–water partition coefficient (Wildman–Crippen LogP) is 4.26. The lowest BCUT2D eigenvalue weighted by atomic mass is 9.85. The van der Waals surface area contributed by atoms with Gasteiger partial charge in [0, 0.05) is 39.7 Å². The number of anilines is 1. The molecule has 4 rings (SSSR count). The van der Waals surface area contributed by atoms with Crippen molar-refractivity contribution < 1.29 is 14.7 Å². The molecule has 0 aliphatic heterocycles. The van der Waals surface area contributed by atoms with E-state index in [1.54, 1.807) is 4.90 Å². The highest BCUT2D eigenvalue weighted by Crippen LogP contribution is 2.36. The van der Waals surface area contributed by atoms with Crippen molar-refractivity contribution in [3.8, 4) is 0 Å².